The van der Waals surface area contributed by atoms with Crippen LogP contribution in [0, 0.1) is 0 Å². The number of nitrogens with two attached hydrogens (primary N) is 1. The zero-order valence-corrected chi connectivity index (χ0v) is 13.8. The van der Waals surface area contributed by atoms with Gasteiger partial charge in [0.15, 0.2) is 0 Å². The lowest BCUT2D eigenvalue weighted by Crippen LogP contribution is -2.41. The van der Waals surface area contributed by atoms with Crippen LogP contribution < -0.4 is 11.1 Å². The first-order chi connectivity index (χ1) is 10.1. The highest BCUT2D eigenvalue weighted by atomic mass is 35.5. The van der Waals surface area contributed by atoms with Crippen LogP contribution in [-0.4, -0.2) is 41.4 Å². The van der Waals surface area contributed by atoms with E-state index in [9.17, 15) is 4.79 Å². The Labute approximate surface area is 135 Å². The van der Waals surface area contributed by atoms with Gasteiger partial charge < -0.3 is 11.1 Å². The number of benzene rings is 1. The van der Waals surface area contributed by atoms with Crippen molar-refractivity contribution in [3.8, 4) is 0 Å². The number of carbonyl (C=O) groups is 1. The Kier molecular flexibility index (Phi) is 6.21. The summed E-state index contributed by atoms with van der Waals surface area (Å²) in [6, 6.07) is 5.71. The minimum Gasteiger partial charge on any atom is -0.397 e. The molecule has 2 rings (SSSR count). The number of nitrogen functional groups attached to an aromatic ring is 1. The van der Waals surface area contributed by atoms with Crippen molar-refractivity contribution in [3.05, 3.63) is 23.2 Å². The Balaban J connectivity index is 1.74. The molecule has 0 aromatic heterocycles. The monoisotopic (exact) mass is 327 g/mol. The molecule has 4 nitrogen and oxygen atoms in total. The molecule has 0 spiro atoms. The molecule has 1 heterocycles. The van der Waals surface area contributed by atoms with Crippen molar-refractivity contribution in [1.29, 1.82) is 0 Å². The average molecular weight is 328 g/mol. The van der Waals surface area contributed by atoms with Gasteiger partial charge in [-0.1, -0.05) is 11.6 Å². The predicted molar refractivity (Wildman–Crippen MR) is 92.1 cm³/mol. The minimum absolute atomic E-state index is 0.00283. The van der Waals surface area contributed by atoms with Crippen LogP contribution in [0.5, 0.6) is 0 Å². The fourth-order valence-corrected chi connectivity index (χ4v) is 3.66. The SMILES string of the molecule is CC1CSCCN1CCCC(=O)Nc1ccc(Cl)cc1N. The van der Waals surface area contributed by atoms with Gasteiger partial charge in [-0.3, -0.25) is 9.69 Å². The van der Waals surface area contributed by atoms with E-state index in [-0.39, 0.29) is 5.91 Å². The molecule has 1 aliphatic rings. The number of anilines is 2. The maximum atomic E-state index is 12.0. The van der Waals surface area contributed by atoms with E-state index in [2.05, 4.69) is 17.1 Å². The quantitative estimate of drug-likeness (QED) is 0.816. The Morgan fingerprint density at radius 2 is 2.38 bits per heavy atom. The molecule has 1 aromatic rings. The van der Waals surface area contributed by atoms with Crippen molar-refractivity contribution < 1.29 is 4.79 Å². The fourth-order valence-electron chi connectivity index (χ4n) is 2.40. The lowest BCUT2D eigenvalue weighted by atomic mass is 10.2. The zero-order valence-electron chi connectivity index (χ0n) is 12.3. The summed E-state index contributed by atoms with van der Waals surface area (Å²) < 4.78 is 0. The normalized spacial score (nSPS) is 19.4. The fraction of sp³-hybridized carbons (Fsp3) is 0.533. The Morgan fingerprint density at radius 3 is 3.10 bits per heavy atom. The zero-order chi connectivity index (χ0) is 15.2. The molecule has 116 valence electrons. The van der Waals surface area contributed by atoms with Gasteiger partial charge in [-0.25, -0.2) is 0 Å². The number of amides is 1. The molecular weight excluding hydrogens is 306 g/mol. The van der Waals surface area contributed by atoms with Gasteiger partial charge in [-0.15, -0.1) is 0 Å². The Hall–Kier alpha value is -0.910. The van der Waals surface area contributed by atoms with Crippen molar-refractivity contribution in [2.24, 2.45) is 0 Å². The summed E-state index contributed by atoms with van der Waals surface area (Å²) in [6.45, 7) is 4.35. The molecule has 0 bridgehead atoms. The highest BCUT2D eigenvalue weighted by Crippen LogP contribution is 2.23. The number of hydrogen-bond donors (Lipinski definition) is 2. The topological polar surface area (TPSA) is 58.4 Å². The third-order valence-electron chi connectivity index (χ3n) is 3.64. The molecular formula is C15H22ClN3OS. The van der Waals surface area contributed by atoms with Crippen LogP contribution in [0.3, 0.4) is 0 Å². The first kappa shape index (κ1) is 16.5. The number of carbonyl (C=O) groups excluding carboxylic acids is 1. The van der Waals surface area contributed by atoms with Gasteiger partial charge >= 0.3 is 0 Å². The maximum Gasteiger partial charge on any atom is 0.224 e. The van der Waals surface area contributed by atoms with Gasteiger partial charge in [0, 0.05) is 35.5 Å². The van der Waals surface area contributed by atoms with Crippen LogP contribution in [-0.2, 0) is 4.79 Å². The second kappa shape index (κ2) is 7.92. The number of nitrogens with one attached hydrogen (secondary N) is 1. The Morgan fingerprint density at radius 1 is 1.57 bits per heavy atom. The number of thioether (sulfide) groups is 1. The van der Waals surface area contributed by atoms with Gasteiger partial charge in [0.1, 0.15) is 0 Å². The van der Waals surface area contributed by atoms with E-state index in [0.29, 0.717) is 28.9 Å². The highest BCUT2D eigenvalue weighted by molar-refractivity contribution is 7.99. The lowest BCUT2D eigenvalue weighted by Gasteiger charge is -2.32. The number of hydrogen-bond acceptors (Lipinski definition) is 4. The van der Waals surface area contributed by atoms with Crippen molar-refractivity contribution in [1.82, 2.24) is 4.90 Å². The summed E-state index contributed by atoms with van der Waals surface area (Å²) in [7, 11) is 0. The second-order valence-electron chi connectivity index (χ2n) is 5.34. The van der Waals surface area contributed by atoms with Crippen LogP contribution in [0.1, 0.15) is 19.8 Å². The molecule has 1 aromatic carbocycles. The van der Waals surface area contributed by atoms with Crippen LogP contribution in [0.15, 0.2) is 18.2 Å². The van der Waals surface area contributed by atoms with Gasteiger partial charge in [-0.2, -0.15) is 11.8 Å². The minimum atomic E-state index is 0.00283. The number of nitrogens with zero attached hydrogens (tertiary/aromatic N) is 1. The van der Waals surface area contributed by atoms with Crippen LogP contribution in [0.2, 0.25) is 5.02 Å². The molecule has 6 heteroatoms. The second-order valence-corrected chi connectivity index (χ2v) is 6.93. The first-order valence-corrected chi connectivity index (χ1v) is 8.76. The van der Waals surface area contributed by atoms with Crippen LogP contribution >= 0.6 is 23.4 Å². The van der Waals surface area contributed by atoms with Crippen molar-refractivity contribution in [2.45, 2.75) is 25.8 Å². The number of halogens is 1. The largest absolute Gasteiger partial charge is 0.397 e. The molecule has 1 atom stereocenters. The van der Waals surface area contributed by atoms with Gasteiger partial charge in [0.2, 0.25) is 5.91 Å². The van der Waals surface area contributed by atoms with Crippen LogP contribution in [0.25, 0.3) is 0 Å². The first-order valence-electron chi connectivity index (χ1n) is 7.23. The smallest absolute Gasteiger partial charge is 0.224 e. The summed E-state index contributed by atoms with van der Waals surface area (Å²) in [6.07, 6.45) is 1.38. The lowest BCUT2D eigenvalue weighted by molar-refractivity contribution is -0.116. The third-order valence-corrected chi connectivity index (χ3v) is 5.07. The van der Waals surface area contributed by atoms with Gasteiger partial charge in [0.05, 0.1) is 11.4 Å². The van der Waals surface area contributed by atoms with E-state index in [4.69, 9.17) is 17.3 Å². The van der Waals surface area contributed by atoms with E-state index < -0.39 is 0 Å². The summed E-state index contributed by atoms with van der Waals surface area (Å²) in [5.41, 5.74) is 6.95. The molecule has 0 radical (unpaired) electrons. The van der Waals surface area contributed by atoms with Gasteiger partial charge in [-0.05, 0) is 38.1 Å². The number of rotatable bonds is 5. The van der Waals surface area contributed by atoms with Crippen molar-refractivity contribution >= 4 is 40.6 Å². The standard InChI is InChI=1S/C15H22ClN3OS/c1-11-10-21-8-7-19(11)6-2-3-15(20)18-14-5-4-12(16)9-13(14)17/h4-5,9,11H,2-3,6-8,10,17H2,1H3,(H,18,20). The summed E-state index contributed by atoms with van der Waals surface area (Å²) in [5, 5.41) is 3.41. The molecule has 21 heavy (non-hydrogen) atoms. The predicted octanol–water partition coefficient (Wildman–Crippen LogP) is 3.08. The van der Waals surface area contributed by atoms with E-state index in [1.54, 1.807) is 18.2 Å². The average Bonchev–Trinajstić information content (AvgIpc) is 2.44. The van der Waals surface area contributed by atoms with E-state index in [1.807, 2.05) is 11.8 Å². The highest BCUT2D eigenvalue weighted by Gasteiger charge is 2.18. The maximum absolute atomic E-state index is 12.0. The van der Waals surface area contributed by atoms with E-state index >= 15 is 0 Å². The molecule has 0 aliphatic carbocycles. The molecule has 0 saturated carbocycles. The summed E-state index contributed by atoms with van der Waals surface area (Å²) in [4.78, 5) is 14.4. The third kappa shape index (κ3) is 5.09. The van der Waals surface area contributed by atoms with Crippen LogP contribution in [0.4, 0.5) is 11.4 Å². The molecule has 1 fully saturated rings. The van der Waals surface area contributed by atoms with E-state index in [1.165, 1.54) is 11.5 Å². The molecule has 3 N–H and O–H groups in total. The summed E-state index contributed by atoms with van der Waals surface area (Å²) in [5.74, 6) is 2.38. The molecule has 1 amide bonds. The summed E-state index contributed by atoms with van der Waals surface area (Å²) >= 11 is 7.84. The van der Waals surface area contributed by atoms with E-state index in [0.717, 1.165) is 19.5 Å². The molecule has 1 saturated heterocycles. The molecule has 1 aliphatic heterocycles. The Bertz CT molecular complexity index is 498. The van der Waals surface area contributed by atoms with Crippen molar-refractivity contribution in [2.75, 3.05) is 35.6 Å². The molecule has 1 unspecified atom stereocenters. The van der Waals surface area contributed by atoms with Crippen molar-refractivity contribution in [3.63, 3.8) is 0 Å². The van der Waals surface area contributed by atoms with Gasteiger partial charge in [0.25, 0.3) is 0 Å².